The standard InChI is InChI=1S/C12H9N5O2S2/c1-20-12-10(6-13)11(21-16-12)15-14-7-8-2-4-9(5-3-8)17(18)19/h2-5,7,15H,1H3. The van der Waals surface area contributed by atoms with Crippen LogP contribution in [0.5, 0.6) is 0 Å². The fourth-order valence-electron chi connectivity index (χ4n) is 1.44. The molecule has 0 atom stereocenters. The van der Waals surface area contributed by atoms with Crippen molar-refractivity contribution in [1.82, 2.24) is 4.37 Å². The predicted molar refractivity (Wildman–Crippen MR) is 82.9 cm³/mol. The second-order valence-electron chi connectivity index (χ2n) is 3.73. The molecule has 0 fully saturated rings. The molecule has 0 saturated carbocycles. The maximum Gasteiger partial charge on any atom is 0.269 e. The summed E-state index contributed by atoms with van der Waals surface area (Å²) in [6.45, 7) is 0. The van der Waals surface area contributed by atoms with Gasteiger partial charge in [0, 0.05) is 12.1 Å². The number of nitrogens with zero attached hydrogens (tertiary/aromatic N) is 4. The molecule has 0 saturated heterocycles. The Morgan fingerprint density at radius 2 is 2.24 bits per heavy atom. The first-order valence-electron chi connectivity index (χ1n) is 5.63. The first-order chi connectivity index (χ1) is 10.2. The summed E-state index contributed by atoms with van der Waals surface area (Å²) < 4.78 is 4.13. The molecule has 9 heteroatoms. The Balaban J connectivity index is 2.07. The number of hydrogen-bond acceptors (Lipinski definition) is 8. The van der Waals surface area contributed by atoms with Gasteiger partial charge in [-0.2, -0.15) is 14.7 Å². The van der Waals surface area contributed by atoms with Crippen LogP contribution in [0, 0.1) is 21.4 Å². The Morgan fingerprint density at radius 3 is 2.81 bits per heavy atom. The Kier molecular flexibility index (Phi) is 4.86. The third kappa shape index (κ3) is 3.56. The van der Waals surface area contributed by atoms with Gasteiger partial charge in [0.15, 0.2) is 0 Å². The zero-order valence-electron chi connectivity index (χ0n) is 10.8. The monoisotopic (exact) mass is 319 g/mol. The highest BCUT2D eigenvalue weighted by Crippen LogP contribution is 2.29. The number of thioether (sulfide) groups is 1. The molecule has 21 heavy (non-hydrogen) atoms. The van der Waals surface area contributed by atoms with E-state index in [1.165, 1.54) is 30.1 Å². The molecule has 2 rings (SSSR count). The summed E-state index contributed by atoms with van der Waals surface area (Å²) in [5.74, 6) is 0. The third-order valence-corrected chi connectivity index (χ3v) is 4.00. The van der Waals surface area contributed by atoms with E-state index < -0.39 is 4.92 Å². The van der Waals surface area contributed by atoms with Crippen molar-refractivity contribution in [2.45, 2.75) is 5.03 Å². The number of anilines is 1. The van der Waals surface area contributed by atoms with Gasteiger partial charge < -0.3 is 0 Å². The van der Waals surface area contributed by atoms with Crippen molar-refractivity contribution in [2.24, 2.45) is 5.10 Å². The molecule has 0 aliphatic rings. The van der Waals surface area contributed by atoms with Crippen LogP contribution < -0.4 is 5.43 Å². The van der Waals surface area contributed by atoms with E-state index in [0.29, 0.717) is 21.2 Å². The normalized spacial score (nSPS) is 10.5. The lowest BCUT2D eigenvalue weighted by atomic mass is 10.2. The summed E-state index contributed by atoms with van der Waals surface area (Å²) in [6.07, 6.45) is 3.36. The van der Waals surface area contributed by atoms with Crippen LogP contribution in [0.4, 0.5) is 10.7 Å². The lowest BCUT2D eigenvalue weighted by Crippen LogP contribution is -1.92. The molecule has 0 spiro atoms. The van der Waals surface area contributed by atoms with Crippen LogP contribution in [-0.4, -0.2) is 21.8 Å². The molecule has 0 amide bonds. The number of hydrogen-bond donors (Lipinski definition) is 1. The highest BCUT2D eigenvalue weighted by atomic mass is 32.2. The van der Waals surface area contributed by atoms with Crippen LogP contribution in [0.2, 0.25) is 0 Å². The van der Waals surface area contributed by atoms with E-state index in [4.69, 9.17) is 5.26 Å². The highest BCUT2D eigenvalue weighted by Gasteiger charge is 2.11. The topological polar surface area (TPSA) is 104 Å². The first-order valence-corrected chi connectivity index (χ1v) is 7.63. The van der Waals surface area contributed by atoms with E-state index in [0.717, 1.165) is 11.5 Å². The lowest BCUT2D eigenvalue weighted by Gasteiger charge is -1.96. The van der Waals surface area contributed by atoms with Crippen LogP contribution in [0.15, 0.2) is 34.4 Å². The molecule has 1 N–H and O–H groups in total. The van der Waals surface area contributed by atoms with Crippen LogP contribution in [0.3, 0.4) is 0 Å². The molecule has 1 heterocycles. The van der Waals surface area contributed by atoms with Gasteiger partial charge in [0.25, 0.3) is 5.69 Å². The smallest absolute Gasteiger partial charge is 0.266 e. The van der Waals surface area contributed by atoms with E-state index >= 15 is 0 Å². The maximum absolute atomic E-state index is 10.5. The van der Waals surface area contributed by atoms with Gasteiger partial charge in [-0.25, -0.2) is 0 Å². The SMILES string of the molecule is CSc1nsc(NN=Cc2ccc([N+](=O)[O-])cc2)c1C#N. The van der Waals surface area contributed by atoms with Crippen molar-refractivity contribution in [3.8, 4) is 6.07 Å². The maximum atomic E-state index is 10.5. The van der Waals surface area contributed by atoms with Gasteiger partial charge in [-0.3, -0.25) is 15.5 Å². The number of rotatable bonds is 5. The quantitative estimate of drug-likeness (QED) is 0.393. The van der Waals surface area contributed by atoms with Crippen LogP contribution in [0.25, 0.3) is 0 Å². The average Bonchev–Trinajstić information content (AvgIpc) is 2.89. The number of hydrazone groups is 1. The largest absolute Gasteiger partial charge is 0.269 e. The number of nitro groups is 1. The zero-order chi connectivity index (χ0) is 15.2. The lowest BCUT2D eigenvalue weighted by molar-refractivity contribution is -0.384. The van der Waals surface area contributed by atoms with E-state index in [1.54, 1.807) is 12.1 Å². The Labute approximate surface area is 128 Å². The Morgan fingerprint density at radius 1 is 1.52 bits per heavy atom. The molecule has 0 aliphatic heterocycles. The summed E-state index contributed by atoms with van der Waals surface area (Å²) in [5.41, 5.74) is 3.96. The molecule has 0 unspecified atom stereocenters. The van der Waals surface area contributed by atoms with E-state index in [2.05, 4.69) is 21.0 Å². The van der Waals surface area contributed by atoms with Crippen LogP contribution >= 0.6 is 23.3 Å². The second kappa shape index (κ2) is 6.83. The van der Waals surface area contributed by atoms with Crippen molar-refractivity contribution < 1.29 is 4.92 Å². The van der Waals surface area contributed by atoms with Crippen molar-refractivity contribution in [1.29, 1.82) is 5.26 Å². The molecule has 106 valence electrons. The van der Waals surface area contributed by atoms with Gasteiger partial charge in [-0.05, 0) is 35.5 Å². The van der Waals surface area contributed by atoms with Gasteiger partial charge in [-0.15, -0.1) is 11.8 Å². The molecule has 2 aromatic rings. The van der Waals surface area contributed by atoms with Gasteiger partial charge in [0.2, 0.25) is 0 Å². The molecule has 1 aromatic heterocycles. The summed E-state index contributed by atoms with van der Waals surface area (Å²) in [5, 5.41) is 24.8. The minimum Gasteiger partial charge on any atom is -0.266 e. The summed E-state index contributed by atoms with van der Waals surface area (Å²) >= 11 is 2.56. The van der Waals surface area contributed by atoms with E-state index in [1.807, 2.05) is 6.26 Å². The number of aromatic nitrogens is 1. The number of non-ortho nitro benzene ring substituents is 1. The zero-order valence-corrected chi connectivity index (χ0v) is 12.4. The predicted octanol–water partition coefficient (Wildman–Crippen LogP) is 3.09. The van der Waals surface area contributed by atoms with Gasteiger partial charge in [-0.1, -0.05) is 0 Å². The average molecular weight is 319 g/mol. The van der Waals surface area contributed by atoms with Crippen LogP contribution in [0.1, 0.15) is 11.1 Å². The third-order valence-electron chi connectivity index (χ3n) is 2.45. The molecule has 0 radical (unpaired) electrons. The van der Waals surface area contributed by atoms with Crippen molar-refractivity contribution in [3.05, 3.63) is 45.5 Å². The number of nitriles is 1. The molecular formula is C12H9N5O2S2. The molecule has 1 aromatic carbocycles. The highest BCUT2D eigenvalue weighted by molar-refractivity contribution is 7.98. The fourth-order valence-corrected chi connectivity index (χ4v) is 2.86. The van der Waals surface area contributed by atoms with Gasteiger partial charge in [0.1, 0.15) is 21.7 Å². The fraction of sp³-hybridized carbons (Fsp3) is 0.0833. The summed E-state index contributed by atoms with van der Waals surface area (Å²) in [7, 11) is 0. The summed E-state index contributed by atoms with van der Waals surface area (Å²) in [6, 6.07) is 8.07. The van der Waals surface area contributed by atoms with Crippen molar-refractivity contribution in [2.75, 3.05) is 11.7 Å². The molecule has 0 aliphatic carbocycles. The molecular weight excluding hydrogens is 310 g/mol. The Hall–Kier alpha value is -2.44. The Bertz CT molecular complexity index is 718. The van der Waals surface area contributed by atoms with Gasteiger partial charge in [0.05, 0.1) is 11.1 Å². The summed E-state index contributed by atoms with van der Waals surface area (Å²) in [4.78, 5) is 10.1. The number of nitro benzene ring substituents is 1. The van der Waals surface area contributed by atoms with E-state index in [-0.39, 0.29) is 5.69 Å². The van der Waals surface area contributed by atoms with Crippen molar-refractivity contribution in [3.63, 3.8) is 0 Å². The van der Waals surface area contributed by atoms with E-state index in [9.17, 15) is 10.1 Å². The second-order valence-corrected chi connectivity index (χ2v) is 5.29. The number of nitrogens with one attached hydrogen (secondary N) is 1. The molecule has 0 bridgehead atoms. The minimum atomic E-state index is -0.459. The van der Waals surface area contributed by atoms with Crippen molar-refractivity contribution >= 4 is 40.2 Å². The molecule has 7 nitrogen and oxygen atoms in total. The minimum absolute atomic E-state index is 0.0268. The van der Waals surface area contributed by atoms with Gasteiger partial charge >= 0.3 is 0 Å². The van der Waals surface area contributed by atoms with Crippen LogP contribution in [-0.2, 0) is 0 Å². The first kappa shape index (κ1) is 15.0. The number of benzene rings is 1.